The summed E-state index contributed by atoms with van der Waals surface area (Å²) < 4.78 is 0. The first-order valence-electron chi connectivity index (χ1n) is 9.24. The summed E-state index contributed by atoms with van der Waals surface area (Å²) in [6.45, 7) is 10.6. The van der Waals surface area contributed by atoms with Gasteiger partial charge in [-0.2, -0.15) is 0 Å². The molecule has 0 aliphatic heterocycles. The minimum absolute atomic E-state index is 0.0517. The molecule has 1 saturated carbocycles. The Bertz CT molecular complexity index is 510. The molecule has 4 heteroatoms. The van der Waals surface area contributed by atoms with Crippen molar-refractivity contribution in [3.8, 4) is 0 Å². The van der Waals surface area contributed by atoms with Gasteiger partial charge in [-0.1, -0.05) is 39.3 Å². The fraction of sp³-hybridized carbons (Fsp3) is 0.850. The van der Waals surface area contributed by atoms with Crippen molar-refractivity contribution in [2.45, 2.75) is 78.9 Å². The summed E-state index contributed by atoms with van der Waals surface area (Å²) in [5, 5.41) is 29.9. The van der Waals surface area contributed by atoms with Gasteiger partial charge in [-0.25, -0.2) is 0 Å². The second-order valence-electron chi connectivity index (χ2n) is 9.11. The highest BCUT2D eigenvalue weighted by atomic mass is 16.4. The Balaban J connectivity index is 2.22. The molecule has 0 bridgehead atoms. The molecule has 4 nitrogen and oxygen atoms in total. The van der Waals surface area contributed by atoms with E-state index in [0.717, 1.165) is 19.3 Å². The summed E-state index contributed by atoms with van der Waals surface area (Å²) >= 11 is 0. The zero-order valence-electron chi connectivity index (χ0n) is 15.7. The van der Waals surface area contributed by atoms with E-state index in [0.29, 0.717) is 18.3 Å². The summed E-state index contributed by atoms with van der Waals surface area (Å²) in [7, 11) is 0. The zero-order chi connectivity index (χ0) is 18.3. The normalized spacial score (nSPS) is 39.7. The molecular formula is C20H34O4. The molecule has 6 atom stereocenters. The summed E-state index contributed by atoms with van der Waals surface area (Å²) in [5.41, 5.74) is 0.981. The number of carbonyl (C=O) groups is 1. The molecule has 0 aromatic heterocycles. The molecule has 2 rings (SSSR count). The van der Waals surface area contributed by atoms with Gasteiger partial charge in [0.05, 0.1) is 12.2 Å². The van der Waals surface area contributed by atoms with Crippen LogP contribution in [0.15, 0.2) is 11.6 Å². The molecule has 138 valence electrons. The van der Waals surface area contributed by atoms with Gasteiger partial charge in [-0.05, 0) is 61.2 Å². The average Bonchev–Trinajstić information content (AvgIpc) is 2.43. The lowest BCUT2D eigenvalue weighted by molar-refractivity contribution is -0.174. The van der Waals surface area contributed by atoms with Gasteiger partial charge < -0.3 is 15.3 Å². The Morgan fingerprint density at radius 3 is 2.54 bits per heavy atom. The van der Waals surface area contributed by atoms with E-state index in [-0.39, 0.29) is 23.2 Å². The number of aliphatic carboxylic acids is 1. The fourth-order valence-electron chi connectivity index (χ4n) is 5.59. The third-order valence-corrected chi connectivity index (χ3v) is 6.96. The fourth-order valence-corrected chi connectivity index (χ4v) is 5.59. The molecule has 2 aliphatic carbocycles. The monoisotopic (exact) mass is 338 g/mol. The van der Waals surface area contributed by atoms with Crippen molar-refractivity contribution in [3.63, 3.8) is 0 Å². The highest BCUT2D eigenvalue weighted by Crippen LogP contribution is 2.60. The maximum atomic E-state index is 10.9. The Morgan fingerprint density at radius 1 is 1.33 bits per heavy atom. The third kappa shape index (κ3) is 3.41. The number of fused-ring (bicyclic) bond motifs is 1. The number of hydrogen-bond donors (Lipinski definition) is 3. The Morgan fingerprint density at radius 2 is 1.96 bits per heavy atom. The van der Waals surface area contributed by atoms with E-state index in [1.54, 1.807) is 0 Å². The van der Waals surface area contributed by atoms with Crippen LogP contribution in [0.4, 0.5) is 0 Å². The summed E-state index contributed by atoms with van der Waals surface area (Å²) in [6.07, 6.45) is 4.52. The van der Waals surface area contributed by atoms with Crippen LogP contribution in [0.1, 0.15) is 66.7 Å². The second kappa shape index (κ2) is 6.80. The van der Waals surface area contributed by atoms with Crippen LogP contribution in [-0.4, -0.2) is 33.5 Å². The van der Waals surface area contributed by atoms with Crippen molar-refractivity contribution < 1.29 is 20.1 Å². The Labute approximate surface area is 146 Å². The van der Waals surface area contributed by atoms with E-state index >= 15 is 0 Å². The number of carboxylic acid groups (broad SMARTS) is 1. The maximum absolute atomic E-state index is 10.9. The van der Waals surface area contributed by atoms with E-state index < -0.39 is 18.2 Å². The quantitative estimate of drug-likeness (QED) is 0.669. The van der Waals surface area contributed by atoms with Crippen LogP contribution >= 0.6 is 0 Å². The highest BCUT2D eigenvalue weighted by Gasteiger charge is 2.57. The van der Waals surface area contributed by atoms with Gasteiger partial charge in [-0.3, -0.25) is 4.79 Å². The standard InChI is InChI=1S/C20H34O4/c1-12(10-17(22)23)6-8-14-13(2)7-9-16-19(3,4)18(24)15(21)11-20(14,16)5/h7,12,14-16,18,21,24H,6,8-11H2,1-5H3,(H,22,23)/t12-,14-,15+,16-,18+,20-/m0/s1. The van der Waals surface area contributed by atoms with Gasteiger partial charge in [0.2, 0.25) is 0 Å². The van der Waals surface area contributed by atoms with Gasteiger partial charge in [0.15, 0.2) is 0 Å². The topological polar surface area (TPSA) is 77.8 Å². The molecule has 24 heavy (non-hydrogen) atoms. The SMILES string of the molecule is CC1=CC[C@H]2C(C)(C)[C@H](O)[C@H](O)C[C@@]2(C)[C@H]1CC[C@H](C)CC(=O)O. The van der Waals surface area contributed by atoms with Crippen LogP contribution < -0.4 is 0 Å². The van der Waals surface area contributed by atoms with Gasteiger partial charge in [-0.15, -0.1) is 0 Å². The molecular weight excluding hydrogens is 304 g/mol. The largest absolute Gasteiger partial charge is 0.481 e. The molecule has 0 spiro atoms. The van der Waals surface area contributed by atoms with E-state index in [9.17, 15) is 15.0 Å². The van der Waals surface area contributed by atoms with Crippen LogP contribution in [0.3, 0.4) is 0 Å². The van der Waals surface area contributed by atoms with E-state index in [2.05, 4.69) is 33.8 Å². The minimum Gasteiger partial charge on any atom is -0.481 e. The summed E-state index contributed by atoms with van der Waals surface area (Å²) in [5.74, 6) is 0.0898. The number of carboxylic acids is 1. The van der Waals surface area contributed by atoms with Crippen LogP contribution in [0.2, 0.25) is 0 Å². The van der Waals surface area contributed by atoms with Crippen molar-refractivity contribution in [1.82, 2.24) is 0 Å². The predicted octanol–water partition coefficient (Wildman–Crippen LogP) is 3.62. The van der Waals surface area contributed by atoms with Crippen molar-refractivity contribution >= 4 is 5.97 Å². The van der Waals surface area contributed by atoms with Gasteiger partial charge in [0.1, 0.15) is 0 Å². The van der Waals surface area contributed by atoms with Crippen molar-refractivity contribution in [2.24, 2.45) is 28.6 Å². The molecule has 0 radical (unpaired) electrons. The summed E-state index contributed by atoms with van der Waals surface area (Å²) in [4.78, 5) is 10.9. The molecule has 0 aromatic rings. The Kier molecular flexibility index (Phi) is 5.51. The number of rotatable bonds is 5. The lowest BCUT2D eigenvalue weighted by Crippen LogP contribution is -2.59. The molecule has 2 aliphatic rings. The predicted molar refractivity (Wildman–Crippen MR) is 94.5 cm³/mol. The van der Waals surface area contributed by atoms with E-state index in [1.165, 1.54) is 5.57 Å². The molecule has 1 fully saturated rings. The van der Waals surface area contributed by atoms with Crippen LogP contribution in [-0.2, 0) is 4.79 Å². The number of allylic oxidation sites excluding steroid dienone is 2. The first-order chi connectivity index (χ1) is 11.0. The first-order valence-corrected chi connectivity index (χ1v) is 9.24. The highest BCUT2D eigenvalue weighted by molar-refractivity contribution is 5.66. The molecule has 0 saturated heterocycles. The van der Waals surface area contributed by atoms with Gasteiger partial charge >= 0.3 is 5.97 Å². The van der Waals surface area contributed by atoms with Crippen LogP contribution in [0.5, 0.6) is 0 Å². The number of aliphatic hydroxyl groups excluding tert-OH is 2. The van der Waals surface area contributed by atoms with Crippen molar-refractivity contribution in [1.29, 1.82) is 0 Å². The molecule has 0 aromatic carbocycles. The van der Waals surface area contributed by atoms with Crippen LogP contribution in [0, 0.1) is 28.6 Å². The number of aliphatic hydroxyl groups is 2. The average molecular weight is 338 g/mol. The lowest BCUT2D eigenvalue weighted by Gasteiger charge is -2.59. The Hall–Kier alpha value is -0.870. The van der Waals surface area contributed by atoms with Crippen LogP contribution in [0.25, 0.3) is 0 Å². The minimum atomic E-state index is -0.736. The second-order valence-corrected chi connectivity index (χ2v) is 9.11. The van der Waals surface area contributed by atoms with E-state index in [1.807, 2.05) is 6.92 Å². The summed E-state index contributed by atoms with van der Waals surface area (Å²) in [6, 6.07) is 0. The van der Waals surface area contributed by atoms with Gasteiger partial charge in [0.25, 0.3) is 0 Å². The molecule has 3 N–H and O–H groups in total. The first kappa shape index (κ1) is 19.5. The third-order valence-electron chi connectivity index (χ3n) is 6.96. The van der Waals surface area contributed by atoms with E-state index in [4.69, 9.17) is 5.11 Å². The molecule has 0 unspecified atom stereocenters. The molecule has 0 amide bonds. The van der Waals surface area contributed by atoms with Gasteiger partial charge in [0, 0.05) is 6.42 Å². The maximum Gasteiger partial charge on any atom is 0.303 e. The lowest BCUT2D eigenvalue weighted by atomic mass is 9.46. The smallest absolute Gasteiger partial charge is 0.303 e. The van der Waals surface area contributed by atoms with Crippen molar-refractivity contribution in [3.05, 3.63) is 11.6 Å². The number of hydrogen-bond acceptors (Lipinski definition) is 3. The van der Waals surface area contributed by atoms with Crippen molar-refractivity contribution in [2.75, 3.05) is 0 Å². The zero-order valence-corrected chi connectivity index (χ0v) is 15.7. The molecule has 0 heterocycles.